The van der Waals surface area contributed by atoms with Crippen LogP contribution in [0, 0.1) is 6.92 Å². The second-order valence-electron chi connectivity index (χ2n) is 6.92. The van der Waals surface area contributed by atoms with E-state index in [4.69, 9.17) is 9.31 Å². The quantitative estimate of drug-likeness (QED) is 0.411. The Labute approximate surface area is 152 Å². The maximum absolute atomic E-state index is 6.16. The summed E-state index contributed by atoms with van der Waals surface area (Å²) in [5.41, 5.74) is 3.94. The first-order valence-corrected chi connectivity index (χ1v) is 11.7. The van der Waals surface area contributed by atoms with E-state index < -0.39 is 0 Å². The van der Waals surface area contributed by atoms with Crippen LogP contribution in [0.1, 0.15) is 33.3 Å². The van der Waals surface area contributed by atoms with Crippen LogP contribution in [0.3, 0.4) is 0 Å². The first-order valence-electron chi connectivity index (χ1n) is 7.61. The average Bonchev–Trinajstić information content (AvgIpc) is 3.01. The van der Waals surface area contributed by atoms with Crippen molar-refractivity contribution in [2.45, 2.75) is 45.8 Å². The molecule has 1 unspecified atom stereocenters. The predicted octanol–water partition coefficient (Wildman–Crippen LogP) is 3.95. The van der Waals surface area contributed by atoms with Crippen LogP contribution in [-0.4, -0.2) is 27.9 Å². The van der Waals surface area contributed by atoms with Crippen LogP contribution in [0.4, 0.5) is 0 Å². The summed E-state index contributed by atoms with van der Waals surface area (Å²) in [7, 11) is -0.312. The van der Waals surface area contributed by atoms with Crippen molar-refractivity contribution in [1.82, 2.24) is 9.55 Å². The van der Waals surface area contributed by atoms with Crippen molar-refractivity contribution in [3.8, 4) is 11.1 Å². The highest BCUT2D eigenvalue weighted by atomic mass is 127. The van der Waals surface area contributed by atoms with Gasteiger partial charge in [-0.2, -0.15) is 5.10 Å². The summed E-state index contributed by atoms with van der Waals surface area (Å²) in [5.74, 6) is 0. The molecule has 1 aliphatic heterocycles. The summed E-state index contributed by atoms with van der Waals surface area (Å²) in [6, 6.07) is 6.40. The Kier molecular flexibility index (Phi) is 4.64. The van der Waals surface area contributed by atoms with Gasteiger partial charge < -0.3 is 9.31 Å². The number of aromatic nitrogens is 2. The van der Waals surface area contributed by atoms with E-state index in [-0.39, 0.29) is 18.3 Å². The molecule has 1 aliphatic rings. The lowest BCUT2D eigenvalue weighted by atomic mass is 9.75. The third-order valence-electron chi connectivity index (χ3n) is 4.78. The summed E-state index contributed by atoms with van der Waals surface area (Å²) in [6.07, 6.45) is 4.61. The van der Waals surface area contributed by atoms with Gasteiger partial charge in [-0.1, -0.05) is 23.8 Å². The molecule has 1 aromatic carbocycles. The number of benzene rings is 1. The van der Waals surface area contributed by atoms with E-state index in [1.807, 2.05) is 10.6 Å². The van der Waals surface area contributed by atoms with Crippen LogP contribution >= 0.6 is 28.4 Å². The van der Waals surface area contributed by atoms with E-state index in [2.05, 4.69) is 86.2 Å². The zero-order valence-electron chi connectivity index (χ0n) is 14.1. The minimum absolute atomic E-state index is 0.312. The first-order chi connectivity index (χ1) is 10.7. The largest absolute Gasteiger partial charge is 0.495 e. The van der Waals surface area contributed by atoms with Crippen molar-refractivity contribution in [3.63, 3.8) is 0 Å². The van der Waals surface area contributed by atoms with Gasteiger partial charge in [-0.3, -0.25) is 0 Å². The fourth-order valence-electron chi connectivity index (χ4n) is 2.61. The Bertz CT molecular complexity index is 717. The highest BCUT2D eigenvalue weighted by Crippen LogP contribution is 2.37. The lowest BCUT2D eigenvalue weighted by molar-refractivity contribution is 0.00578. The number of aryl methyl sites for hydroxylation is 1. The fraction of sp³-hybridized carbons (Fsp3) is 0.438. The van der Waals surface area contributed by atoms with Gasteiger partial charge in [0.05, 0.1) is 23.8 Å². The molecule has 0 bridgehead atoms. The molecule has 0 saturated carbocycles. The molecule has 1 fully saturated rings. The number of hydrogen-bond acceptors (Lipinski definition) is 3. The van der Waals surface area contributed by atoms with Crippen molar-refractivity contribution >= 4 is 41.0 Å². The van der Waals surface area contributed by atoms with Crippen molar-refractivity contribution in [2.75, 3.05) is 0 Å². The average molecular weight is 442 g/mol. The zero-order chi connectivity index (χ0) is 16.8. The number of nitrogens with zero attached hydrogens (tertiary/aromatic N) is 2. The first kappa shape index (κ1) is 17.4. The van der Waals surface area contributed by atoms with Gasteiger partial charge >= 0.3 is 7.12 Å². The fourth-order valence-corrected chi connectivity index (χ4v) is 3.69. The van der Waals surface area contributed by atoms with Crippen LogP contribution in [0.2, 0.25) is 0 Å². The lowest BCUT2D eigenvalue weighted by Gasteiger charge is -2.32. The molecule has 2 aromatic rings. The third-order valence-corrected chi connectivity index (χ3v) is 6.68. The maximum atomic E-state index is 6.16. The normalized spacial score (nSPS) is 19.8. The number of halogens is 1. The standard InChI is InChI=1S/C16H21BIN2O2P/c1-11-8-12(13-9-19-20(10-13)23-18)6-7-14(11)17-21-15(2,3)16(4,5)22-17/h6-10,23H,1-5H3. The summed E-state index contributed by atoms with van der Waals surface area (Å²) < 4.78 is 14.3. The molecule has 23 heavy (non-hydrogen) atoms. The SMILES string of the molecule is Cc1cc(-c2cnn(PI)c2)ccc1B1OC(C)(C)C(C)(C)O1. The number of hydrogen-bond donors (Lipinski definition) is 0. The molecule has 7 heteroatoms. The van der Waals surface area contributed by atoms with Gasteiger partial charge in [-0.15, -0.1) is 0 Å². The van der Waals surface area contributed by atoms with E-state index >= 15 is 0 Å². The minimum atomic E-state index is -0.314. The van der Waals surface area contributed by atoms with Gasteiger partial charge in [0.15, 0.2) is 0 Å². The summed E-state index contributed by atoms with van der Waals surface area (Å²) in [5, 5.41) is 4.35. The number of rotatable bonds is 3. The van der Waals surface area contributed by atoms with Crippen molar-refractivity contribution in [3.05, 3.63) is 36.2 Å². The van der Waals surface area contributed by atoms with Gasteiger partial charge in [-0.05, 0) is 67.7 Å². The van der Waals surface area contributed by atoms with E-state index in [1.54, 1.807) is 0 Å². The van der Waals surface area contributed by atoms with Gasteiger partial charge in [0, 0.05) is 11.8 Å². The molecule has 4 nitrogen and oxygen atoms in total. The molecule has 122 valence electrons. The van der Waals surface area contributed by atoms with Crippen LogP contribution in [-0.2, 0) is 9.31 Å². The molecular formula is C16H21BIN2O2P. The van der Waals surface area contributed by atoms with Crippen molar-refractivity contribution < 1.29 is 9.31 Å². The molecule has 0 spiro atoms. The molecule has 0 N–H and O–H groups in total. The second kappa shape index (κ2) is 6.14. The zero-order valence-corrected chi connectivity index (χ0v) is 17.2. The van der Waals surface area contributed by atoms with E-state index in [0.29, 0.717) is 6.37 Å². The topological polar surface area (TPSA) is 36.3 Å². The minimum Gasteiger partial charge on any atom is -0.399 e. The molecule has 0 amide bonds. The van der Waals surface area contributed by atoms with Crippen LogP contribution in [0.25, 0.3) is 11.1 Å². The molecule has 3 rings (SSSR count). The Morgan fingerprint density at radius 1 is 1.13 bits per heavy atom. The molecule has 1 saturated heterocycles. The van der Waals surface area contributed by atoms with Gasteiger partial charge in [-0.25, -0.2) is 4.45 Å². The van der Waals surface area contributed by atoms with E-state index in [0.717, 1.165) is 11.0 Å². The molecular weight excluding hydrogens is 421 g/mol. The second-order valence-corrected chi connectivity index (χ2v) is 8.99. The Balaban J connectivity index is 1.89. The summed E-state index contributed by atoms with van der Waals surface area (Å²) >= 11 is 2.33. The van der Waals surface area contributed by atoms with Crippen LogP contribution in [0.15, 0.2) is 30.6 Å². The highest BCUT2D eigenvalue weighted by Gasteiger charge is 2.52. The smallest absolute Gasteiger partial charge is 0.399 e. The monoisotopic (exact) mass is 442 g/mol. The lowest BCUT2D eigenvalue weighted by Crippen LogP contribution is -2.41. The Morgan fingerprint density at radius 2 is 1.78 bits per heavy atom. The maximum Gasteiger partial charge on any atom is 0.495 e. The highest BCUT2D eigenvalue weighted by molar-refractivity contribution is 14.2. The van der Waals surface area contributed by atoms with Crippen LogP contribution in [0.5, 0.6) is 0 Å². The van der Waals surface area contributed by atoms with Crippen molar-refractivity contribution in [2.24, 2.45) is 0 Å². The van der Waals surface area contributed by atoms with E-state index in [1.165, 1.54) is 11.1 Å². The van der Waals surface area contributed by atoms with E-state index in [9.17, 15) is 0 Å². The Hall–Kier alpha value is -0.425. The van der Waals surface area contributed by atoms with Crippen molar-refractivity contribution in [1.29, 1.82) is 0 Å². The molecule has 0 aliphatic carbocycles. The van der Waals surface area contributed by atoms with Crippen LogP contribution < -0.4 is 5.46 Å². The predicted molar refractivity (Wildman–Crippen MR) is 106 cm³/mol. The third kappa shape index (κ3) is 3.23. The molecule has 1 atom stereocenters. The molecule has 2 heterocycles. The van der Waals surface area contributed by atoms with Gasteiger partial charge in [0.25, 0.3) is 0 Å². The summed E-state index contributed by atoms with van der Waals surface area (Å²) in [6.45, 7) is 10.4. The van der Waals surface area contributed by atoms with Gasteiger partial charge in [0.2, 0.25) is 0 Å². The Morgan fingerprint density at radius 3 is 2.30 bits per heavy atom. The molecule has 1 aromatic heterocycles. The summed E-state index contributed by atoms with van der Waals surface area (Å²) in [4.78, 5) is 0. The van der Waals surface area contributed by atoms with Gasteiger partial charge in [0.1, 0.15) is 0 Å². The molecule has 0 radical (unpaired) electrons.